The molecule has 1 aromatic carbocycles. The van der Waals surface area contributed by atoms with Gasteiger partial charge in [0.2, 0.25) is 0 Å². The lowest BCUT2D eigenvalue weighted by molar-refractivity contribution is -0.137. The Labute approximate surface area is 128 Å². The van der Waals surface area contributed by atoms with Crippen LogP contribution >= 0.6 is 0 Å². The Hall–Kier alpha value is -1.07. The van der Waals surface area contributed by atoms with Gasteiger partial charge in [0, 0.05) is 12.1 Å². The average Bonchev–Trinajstić information content (AvgIpc) is 2.79. The maximum atomic E-state index is 12.6. The molecule has 5 heteroatoms. The van der Waals surface area contributed by atoms with E-state index in [4.69, 9.17) is 0 Å². The van der Waals surface area contributed by atoms with Crippen LogP contribution < -0.4 is 5.32 Å². The molecule has 22 heavy (non-hydrogen) atoms. The Morgan fingerprint density at radius 3 is 2.32 bits per heavy atom. The molecule has 3 rings (SSSR count). The summed E-state index contributed by atoms with van der Waals surface area (Å²) in [6.07, 6.45) is -1.84. The highest BCUT2D eigenvalue weighted by atomic mass is 19.4. The first-order valence-corrected chi connectivity index (χ1v) is 7.76. The molecule has 1 aromatic rings. The van der Waals surface area contributed by atoms with Crippen LogP contribution in [0.3, 0.4) is 0 Å². The number of alkyl halides is 3. The first-order chi connectivity index (χ1) is 10.2. The molecule has 0 heterocycles. The SMILES string of the molecule is CC1(C)C2CCC1(NCc1ccc(C(F)(F)F)cc1)C(O)C2. The van der Waals surface area contributed by atoms with E-state index in [9.17, 15) is 18.3 Å². The number of halogens is 3. The minimum atomic E-state index is -4.30. The van der Waals surface area contributed by atoms with Gasteiger partial charge in [0.25, 0.3) is 0 Å². The van der Waals surface area contributed by atoms with E-state index >= 15 is 0 Å². The Morgan fingerprint density at radius 1 is 1.23 bits per heavy atom. The summed E-state index contributed by atoms with van der Waals surface area (Å²) in [5.74, 6) is 0.516. The summed E-state index contributed by atoms with van der Waals surface area (Å²) < 4.78 is 37.7. The molecule has 2 aliphatic carbocycles. The zero-order chi connectivity index (χ0) is 16.2. The fourth-order valence-corrected chi connectivity index (χ4v) is 4.43. The van der Waals surface area contributed by atoms with E-state index < -0.39 is 11.7 Å². The smallest absolute Gasteiger partial charge is 0.391 e. The van der Waals surface area contributed by atoms with E-state index in [1.54, 1.807) is 0 Å². The minimum Gasteiger partial charge on any atom is -0.391 e. The molecular formula is C17H22F3NO. The summed E-state index contributed by atoms with van der Waals surface area (Å²) >= 11 is 0. The Morgan fingerprint density at radius 2 is 1.86 bits per heavy atom. The molecule has 0 saturated heterocycles. The molecule has 3 atom stereocenters. The molecule has 122 valence electrons. The van der Waals surface area contributed by atoms with Crippen molar-refractivity contribution in [2.75, 3.05) is 0 Å². The first kappa shape index (κ1) is 15.8. The van der Waals surface area contributed by atoms with E-state index in [0.717, 1.165) is 37.0 Å². The minimum absolute atomic E-state index is 0.0122. The van der Waals surface area contributed by atoms with Crippen LogP contribution in [0.25, 0.3) is 0 Å². The van der Waals surface area contributed by atoms with Crippen LogP contribution in [0.4, 0.5) is 13.2 Å². The number of hydrogen-bond acceptors (Lipinski definition) is 2. The number of aliphatic hydroxyl groups is 1. The highest BCUT2D eigenvalue weighted by molar-refractivity contribution is 5.26. The van der Waals surface area contributed by atoms with Crippen molar-refractivity contribution in [2.24, 2.45) is 11.3 Å². The predicted molar refractivity (Wildman–Crippen MR) is 78.1 cm³/mol. The summed E-state index contributed by atoms with van der Waals surface area (Å²) in [6, 6.07) is 5.24. The number of fused-ring (bicyclic) bond motifs is 2. The van der Waals surface area contributed by atoms with Crippen molar-refractivity contribution < 1.29 is 18.3 Å². The molecule has 0 spiro atoms. The summed E-state index contributed by atoms with van der Waals surface area (Å²) in [4.78, 5) is 0. The topological polar surface area (TPSA) is 32.3 Å². The highest BCUT2D eigenvalue weighted by Gasteiger charge is 2.63. The largest absolute Gasteiger partial charge is 0.416 e. The normalized spacial score (nSPS) is 33.4. The molecule has 0 amide bonds. The summed E-state index contributed by atoms with van der Waals surface area (Å²) in [6.45, 7) is 4.84. The standard InChI is InChI=1S/C17H22F3NO/c1-15(2)13-7-8-16(15,14(22)9-13)21-10-11-3-5-12(6-4-11)17(18,19)20/h3-6,13-14,21-22H,7-10H2,1-2H3. The lowest BCUT2D eigenvalue weighted by atomic mass is 9.75. The molecule has 0 aromatic heterocycles. The van der Waals surface area contributed by atoms with Gasteiger partial charge in [-0.2, -0.15) is 13.2 Å². The number of aliphatic hydroxyl groups excluding tert-OH is 1. The van der Waals surface area contributed by atoms with Crippen LogP contribution in [0.2, 0.25) is 0 Å². The van der Waals surface area contributed by atoms with Gasteiger partial charge in [-0.05, 0) is 48.3 Å². The second-order valence-electron chi connectivity index (χ2n) is 7.23. The van der Waals surface area contributed by atoms with Gasteiger partial charge < -0.3 is 10.4 Å². The maximum Gasteiger partial charge on any atom is 0.416 e. The lowest BCUT2D eigenvalue weighted by Crippen LogP contribution is -2.57. The van der Waals surface area contributed by atoms with Gasteiger partial charge in [-0.3, -0.25) is 0 Å². The van der Waals surface area contributed by atoms with Crippen molar-refractivity contribution in [3.63, 3.8) is 0 Å². The maximum absolute atomic E-state index is 12.6. The third-order valence-corrected chi connectivity index (χ3v) is 6.02. The number of rotatable bonds is 3. The quantitative estimate of drug-likeness (QED) is 0.891. The van der Waals surface area contributed by atoms with Gasteiger partial charge in [0.05, 0.1) is 11.7 Å². The van der Waals surface area contributed by atoms with Gasteiger partial charge in [-0.25, -0.2) is 0 Å². The molecule has 0 radical (unpaired) electrons. The van der Waals surface area contributed by atoms with Crippen LogP contribution in [-0.2, 0) is 12.7 Å². The molecule has 2 saturated carbocycles. The molecule has 2 bridgehead atoms. The van der Waals surface area contributed by atoms with Gasteiger partial charge in [0.15, 0.2) is 0 Å². The highest BCUT2D eigenvalue weighted by Crippen LogP contribution is 2.60. The molecule has 2 N–H and O–H groups in total. The summed E-state index contributed by atoms with van der Waals surface area (Å²) in [7, 11) is 0. The van der Waals surface area contributed by atoms with Gasteiger partial charge in [-0.1, -0.05) is 26.0 Å². The van der Waals surface area contributed by atoms with Crippen molar-refractivity contribution in [2.45, 2.75) is 57.5 Å². The second kappa shape index (κ2) is 4.96. The number of benzene rings is 1. The molecule has 3 unspecified atom stereocenters. The zero-order valence-electron chi connectivity index (χ0n) is 12.9. The molecule has 0 aliphatic heterocycles. The third kappa shape index (κ3) is 2.26. The molecule has 2 aliphatic rings. The van der Waals surface area contributed by atoms with Crippen LogP contribution in [0.15, 0.2) is 24.3 Å². The van der Waals surface area contributed by atoms with Crippen molar-refractivity contribution in [1.29, 1.82) is 0 Å². The van der Waals surface area contributed by atoms with Crippen LogP contribution in [0, 0.1) is 11.3 Å². The van der Waals surface area contributed by atoms with Gasteiger partial charge in [0.1, 0.15) is 0 Å². The summed E-state index contributed by atoms with van der Waals surface area (Å²) in [5, 5.41) is 13.9. The third-order valence-electron chi connectivity index (χ3n) is 6.02. The van der Waals surface area contributed by atoms with Crippen molar-refractivity contribution in [1.82, 2.24) is 5.32 Å². The Kier molecular flexibility index (Phi) is 3.57. The predicted octanol–water partition coefficient (Wildman–Crippen LogP) is 3.73. The number of hydrogen-bond donors (Lipinski definition) is 2. The fraction of sp³-hybridized carbons (Fsp3) is 0.647. The molecule has 2 nitrogen and oxygen atoms in total. The van der Waals surface area contributed by atoms with Crippen molar-refractivity contribution >= 4 is 0 Å². The fourth-order valence-electron chi connectivity index (χ4n) is 4.43. The zero-order valence-corrected chi connectivity index (χ0v) is 12.9. The van der Waals surface area contributed by atoms with Crippen molar-refractivity contribution in [3.05, 3.63) is 35.4 Å². The Balaban J connectivity index is 1.73. The monoisotopic (exact) mass is 313 g/mol. The Bertz CT molecular complexity index is 552. The second-order valence-corrected chi connectivity index (χ2v) is 7.23. The van der Waals surface area contributed by atoms with E-state index in [-0.39, 0.29) is 17.1 Å². The van der Waals surface area contributed by atoms with Gasteiger partial charge in [-0.15, -0.1) is 0 Å². The van der Waals surface area contributed by atoms with E-state index in [0.29, 0.717) is 12.5 Å². The van der Waals surface area contributed by atoms with E-state index in [1.807, 2.05) is 0 Å². The van der Waals surface area contributed by atoms with E-state index in [1.165, 1.54) is 12.1 Å². The lowest BCUT2D eigenvalue weighted by Gasteiger charge is -2.41. The molecular weight excluding hydrogens is 291 g/mol. The van der Waals surface area contributed by atoms with Crippen molar-refractivity contribution in [3.8, 4) is 0 Å². The van der Waals surface area contributed by atoms with E-state index in [2.05, 4.69) is 19.2 Å². The number of nitrogens with one attached hydrogen (secondary N) is 1. The summed E-state index contributed by atoms with van der Waals surface area (Å²) in [5.41, 5.74) is -0.129. The van der Waals surface area contributed by atoms with Crippen LogP contribution in [0.1, 0.15) is 44.2 Å². The van der Waals surface area contributed by atoms with Crippen LogP contribution in [-0.4, -0.2) is 16.7 Å². The first-order valence-electron chi connectivity index (χ1n) is 7.76. The van der Waals surface area contributed by atoms with Gasteiger partial charge >= 0.3 is 6.18 Å². The average molecular weight is 313 g/mol. The molecule has 2 fully saturated rings. The van der Waals surface area contributed by atoms with Crippen LogP contribution in [0.5, 0.6) is 0 Å².